The number of hydrogen-bond donors (Lipinski definition) is 4. The van der Waals surface area contributed by atoms with Gasteiger partial charge in [-0.05, 0) is 70.1 Å². The van der Waals surface area contributed by atoms with Crippen LogP contribution in [0.25, 0.3) is 0 Å². The van der Waals surface area contributed by atoms with E-state index in [1.54, 1.807) is 12.2 Å². The number of allylic oxidation sites excluding steroid dienone is 2. The predicted molar refractivity (Wildman–Crippen MR) is 133 cm³/mol. The van der Waals surface area contributed by atoms with Crippen LogP contribution in [0.15, 0.2) is 30.3 Å². The van der Waals surface area contributed by atoms with Crippen LogP contribution in [0.3, 0.4) is 0 Å². The molecule has 0 aromatic heterocycles. The van der Waals surface area contributed by atoms with Crippen LogP contribution < -0.4 is 15.5 Å². The van der Waals surface area contributed by atoms with Gasteiger partial charge in [-0.25, -0.2) is 9.59 Å². The van der Waals surface area contributed by atoms with Gasteiger partial charge in [0.05, 0.1) is 0 Å². The fourth-order valence-corrected chi connectivity index (χ4v) is 2.67. The summed E-state index contributed by atoms with van der Waals surface area (Å²) in [5.41, 5.74) is 0. The largest absolute Gasteiger partial charge is 2.00 e. The molecule has 0 spiro atoms. The summed E-state index contributed by atoms with van der Waals surface area (Å²) in [4.78, 5) is 57.0. The van der Waals surface area contributed by atoms with Crippen molar-refractivity contribution >= 4 is 73.4 Å². The number of aliphatic carboxylic acids is 4. The zero-order valence-corrected chi connectivity index (χ0v) is 23.3. The number of nitrogens with one attached hydrogen (secondary N) is 1. The molecule has 2 atom stereocenters. The maximum Gasteiger partial charge on any atom is 2.00 e. The van der Waals surface area contributed by atoms with E-state index in [9.17, 15) is 34.2 Å². The molecule has 0 aromatic rings. The molecule has 0 fully saturated rings. The van der Waals surface area contributed by atoms with E-state index >= 15 is 0 Å². The van der Waals surface area contributed by atoms with E-state index in [-0.39, 0.29) is 75.7 Å². The van der Waals surface area contributed by atoms with Crippen molar-refractivity contribution < 1.29 is 49.5 Å². The molecule has 0 aliphatic carbocycles. The Morgan fingerprint density at radius 3 is 1.76 bits per heavy atom. The van der Waals surface area contributed by atoms with Gasteiger partial charge in [-0.1, -0.05) is 12.2 Å². The van der Waals surface area contributed by atoms with Crippen LogP contribution in [0.4, 0.5) is 0 Å². The molecule has 0 saturated carbocycles. The first kappa shape index (κ1) is 39.1. The Hall–Kier alpha value is -2.44. The first-order valence-corrected chi connectivity index (χ1v) is 11.6. The molecule has 4 N–H and O–H groups in total. The third-order valence-corrected chi connectivity index (χ3v) is 4.60. The van der Waals surface area contributed by atoms with Crippen molar-refractivity contribution in [1.82, 2.24) is 5.32 Å². The van der Waals surface area contributed by atoms with Gasteiger partial charge in [-0.2, -0.15) is 0 Å². The first-order chi connectivity index (χ1) is 16.9. The Morgan fingerprint density at radius 2 is 1.32 bits per heavy atom. The third kappa shape index (κ3) is 26.4. The van der Waals surface area contributed by atoms with Crippen molar-refractivity contribution in [3.05, 3.63) is 25.3 Å². The van der Waals surface area contributed by atoms with Gasteiger partial charge in [-0.3, -0.25) is 14.6 Å². The quantitative estimate of drug-likeness (QED) is 0.0531. The van der Waals surface area contributed by atoms with Crippen molar-refractivity contribution in [3.63, 3.8) is 0 Å². The minimum absolute atomic E-state index is 0. The number of amides is 1. The van der Waals surface area contributed by atoms with Crippen molar-refractivity contribution in [3.8, 4) is 0 Å². The number of carboxylic acid groups (broad SMARTS) is 4. The Balaban J connectivity index is -0.000000608. The molecule has 0 rings (SSSR count). The molecule has 13 heteroatoms. The topological polar surface area (TPSA) is 217 Å². The molecule has 0 saturated heterocycles. The maximum atomic E-state index is 11.4. The Labute approximate surface area is 246 Å². The number of nitrogens with zero attached hydrogens (tertiary/aromatic N) is 1. The molecule has 0 bridgehead atoms. The third-order valence-electron chi connectivity index (χ3n) is 4.60. The van der Waals surface area contributed by atoms with Crippen LogP contribution in [0.1, 0.15) is 77.0 Å². The van der Waals surface area contributed by atoms with Gasteiger partial charge in [0, 0.05) is 18.8 Å². The molecular formula is C24H36CaN2O10. The second-order valence-electron chi connectivity index (χ2n) is 7.75. The molecule has 204 valence electrons. The number of aliphatic imine (C=N–C) groups is 1. The van der Waals surface area contributed by atoms with Crippen molar-refractivity contribution in [1.29, 1.82) is 0 Å². The molecule has 0 aliphatic rings. The van der Waals surface area contributed by atoms with Crippen LogP contribution in [-0.4, -0.2) is 101 Å². The van der Waals surface area contributed by atoms with Gasteiger partial charge in [0.25, 0.3) is 0 Å². The van der Waals surface area contributed by atoms with Crippen LogP contribution in [-0.2, 0) is 24.0 Å². The summed E-state index contributed by atoms with van der Waals surface area (Å²) in [6.07, 6.45) is 7.35. The standard InChI is InChI=1S/2C12H19NO5.Ca/c2*1-2-3-4-5-6-10(14)13-9(12(17)18)7-8-11(15)16;/h2*2,9H,1,3-8H2,(H,13,14)(H,15,16)(H,17,18);/q;;+2/p-2/t2*9-;/m00./s1. The van der Waals surface area contributed by atoms with E-state index in [4.69, 9.17) is 15.3 Å². The molecule has 0 aliphatic heterocycles. The molecule has 0 heterocycles. The van der Waals surface area contributed by atoms with E-state index in [2.05, 4.69) is 23.5 Å². The molecule has 0 radical (unpaired) electrons. The molecule has 0 aromatic carbocycles. The van der Waals surface area contributed by atoms with Gasteiger partial charge in [0.2, 0.25) is 5.91 Å². The first-order valence-electron chi connectivity index (χ1n) is 11.6. The number of hydrogen-bond acceptors (Lipinski definition) is 8. The van der Waals surface area contributed by atoms with E-state index in [1.165, 1.54) is 0 Å². The number of carbonyl (C=O) groups is 5. The summed E-state index contributed by atoms with van der Waals surface area (Å²) in [6, 6.07) is -2.43. The van der Waals surface area contributed by atoms with E-state index in [0.717, 1.165) is 25.7 Å². The fraction of sp³-hybridized carbons (Fsp3) is 0.583. The van der Waals surface area contributed by atoms with Crippen LogP contribution in [0.2, 0.25) is 0 Å². The maximum absolute atomic E-state index is 11.4. The number of carbonyl (C=O) groups excluding carboxylic acids is 2. The van der Waals surface area contributed by atoms with Crippen molar-refractivity contribution in [2.75, 3.05) is 0 Å². The molecule has 12 nitrogen and oxygen atoms in total. The average Bonchev–Trinajstić information content (AvgIpc) is 2.79. The number of rotatable bonds is 20. The monoisotopic (exact) mass is 552 g/mol. The fourth-order valence-electron chi connectivity index (χ4n) is 2.67. The van der Waals surface area contributed by atoms with Crippen molar-refractivity contribution in [2.45, 2.75) is 89.1 Å². The molecule has 1 amide bonds. The van der Waals surface area contributed by atoms with Gasteiger partial charge in [0.1, 0.15) is 12.1 Å². The summed E-state index contributed by atoms with van der Waals surface area (Å²) >= 11 is 0. The summed E-state index contributed by atoms with van der Waals surface area (Å²) in [5, 5.41) is 49.9. The number of unbranched alkanes of at least 4 members (excludes halogenated alkanes) is 4. The normalized spacial score (nSPS) is 11.9. The van der Waals surface area contributed by atoms with Gasteiger partial charge in [-0.15, -0.1) is 13.2 Å². The second kappa shape index (κ2) is 25.2. The summed E-state index contributed by atoms with van der Waals surface area (Å²) in [5.74, 6) is -5.82. The zero-order chi connectivity index (χ0) is 27.9. The van der Waals surface area contributed by atoms with Crippen LogP contribution in [0.5, 0.6) is 0 Å². The summed E-state index contributed by atoms with van der Waals surface area (Å²) in [7, 11) is 0. The Morgan fingerprint density at radius 1 is 0.784 bits per heavy atom. The second-order valence-corrected chi connectivity index (χ2v) is 7.75. The minimum Gasteiger partial charge on any atom is -0.862 e. The van der Waals surface area contributed by atoms with E-state index in [1.807, 2.05) is 0 Å². The van der Waals surface area contributed by atoms with Crippen LogP contribution >= 0.6 is 0 Å². The molecule has 37 heavy (non-hydrogen) atoms. The zero-order valence-electron chi connectivity index (χ0n) is 21.1. The smallest absolute Gasteiger partial charge is 0.862 e. The van der Waals surface area contributed by atoms with Gasteiger partial charge < -0.3 is 35.6 Å². The average molecular weight is 553 g/mol. The Bertz CT molecular complexity index is 771. The van der Waals surface area contributed by atoms with Crippen molar-refractivity contribution in [2.24, 2.45) is 4.99 Å². The molecular weight excluding hydrogens is 516 g/mol. The number of carboxylic acids is 4. The van der Waals surface area contributed by atoms with Crippen LogP contribution in [0, 0.1) is 0 Å². The predicted octanol–water partition coefficient (Wildman–Crippen LogP) is 0.261. The Kier molecular flexibility index (Phi) is 26.6. The SMILES string of the molecule is C=CCCCCC(=O)N[C@@H](CCC(=O)O)C(=O)O.C=CCCCCC([O-])=N[C@@H](CCC(=O)[O-])C(=O)O.[Ca+2]. The van der Waals surface area contributed by atoms with E-state index < -0.39 is 48.3 Å². The van der Waals surface area contributed by atoms with E-state index in [0.29, 0.717) is 12.8 Å². The minimum atomic E-state index is -1.35. The summed E-state index contributed by atoms with van der Waals surface area (Å²) < 4.78 is 0. The summed E-state index contributed by atoms with van der Waals surface area (Å²) in [6.45, 7) is 7.10. The van der Waals surface area contributed by atoms with Gasteiger partial charge >= 0.3 is 55.6 Å². The molecule has 0 unspecified atom stereocenters. The van der Waals surface area contributed by atoms with Gasteiger partial charge in [0.15, 0.2) is 0 Å².